The standard InChI is InChI=1S/2C20H22O4/c1-5-13-6-8-14(9-7-13)12-24-15-10-16(19(22)23)18(21)17(11-15)20(2,3)4;1-5-13-7-6-8-14(9-13)12-24-15-10-16(19(22)23)18(21)17(11-15)20(2,3)4/h2*5-11,21H,1,12H2,2-4H3,(H,22,23). The van der Waals surface area contributed by atoms with Crippen molar-refractivity contribution in [2.24, 2.45) is 0 Å². The Kier molecular flexibility index (Phi) is 11.9. The van der Waals surface area contributed by atoms with Crippen molar-refractivity contribution >= 4 is 24.1 Å². The molecule has 0 saturated carbocycles. The first-order chi connectivity index (χ1) is 22.4. The van der Waals surface area contributed by atoms with Crippen molar-refractivity contribution in [1.29, 1.82) is 0 Å². The Labute approximate surface area is 282 Å². The number of carbonyl (C=O) groups is 2. The van der Waals surface area contributed by atoms with E-state index in [1.54, 1.807) is 24.3 Å². The zero-order valence-electron chi connectivity index (χ0n) is 28.3. The second-order valence-corrected chi connectivity index (χ2v) is 13.3. The van der Waals surface area contributed by atoms with E-state index in [2.05, 4.69) is 13.2 Å². The fraction of sp³-hybridized carbons (Fsp3) is 0.250. The van der Waals surface area contributed by atoms with Crippen molar-refractivity contribution in [3.05, 3.63) is 130 Å². The van der Waals surface area contributed by atoms with Crippen LogP contribution in [0.4, 0.5) is 0 Å². The van der Waals surface area contributed by atoms with Gasteiger partial charge in [0.05, 0.1) is 0 Å². The first-order valence-corrected chi connectivity index (χ1v) is 15.3. The van der Waals surface area contributed by atoms with Gasteiger partial charge in [0.1, 0.15) is 47.3 Å². The smallest absolute Gasteiger partial charge is 0.339 e. The monoisotopic (exact) mass is 652 g/mol. The molecule has 0 saturated heterocycles. The zero-order chi connectivity index (χ0) is 35.8. The number of rotatable bonds is 10. The van der Waals surface area contributed by atoms with Crippen LogP contribution < -0.4 is 9.47 Å². The molecule has 0 radical (unpaired) electrons. The van der Waals surface area contributed by atoms with Crippen LogP contribution in [-0.4, -0.2) is 32.4 Å². The number of aromatic hydroxyl groups is 2. The molecule has 0 fully saturated rings. The second kappa shape index (κ2) is 15.4. The van der Waals surface area contributed by atoms with Crippen LogP contribution in [0.15, 0.2) is 86.0 Å². The predicted octanol–water partition coefficient (Wildman–Crippen LogP) is 9.22. The van der Waals surface area contributed by atoms with E-state index in [1.165, 1.54) is 12.1 Å². The molecular weight excluding hydrogens is 608 g/mol. The van der Waals surface area contributed by atoms with Crippen LogP contribution in [0.3, 0.4) is 0 Å². The summed E-state index contributed by atoms with van der Waals surface area (Å²) in [4.78, 5) is 22.8. The molecule has 8 nitrogen and oxygen atoms in total. The third kappa shape index (κ3) is 9.75. The summed E-state index contributed by atoms with van der Waals surface area (Å²) >= 11 is 0. The summed E-state index contributed by atoms with van der Waals surface area (Å²) in [6, 6.07) is 21.6. The van der Waals surface area contributed by atoms with E-state index in [0.717, 1.165) is 22.3 Å². The normalized spacial score (nSPS) is 11.1. The zero-order valence-corrected chi connectivity index (χ0v) is 28.3. The van der Waals surface area contributed by atoms with E-state index in [9.17, 15) is 30.0 Å². The van der Waals surface area contributed by atoms with Crippen LogP contribution >= 0.6 is 0 Å². The fourth-order valence-electron chi connectivity index (χ4n) is 4.75. The SMILES string of the molecule is C=Cc1ccc(COc2cc(C(=O)O)c(O)c(C(C)(C)C)c2)cc1.C=Cc1cccc(COc2cc(C(=O)O)c(O)c(C(C)(C)C)c2)c1. The van der Waals surface area contributed by atoms with Crippen LogP contribution in [0.5, 0.6) is 23.0 Å². The van der Waals surface area contributed by atoms with Crippen LogP contribution in [0.2, 0.25) is 0 Å². The summed E-state index contributed by atoms with van der Waals surface area (Å²) in [5, 5.41) is 39.0. The van der Waals surface area contributed by atoms with Crippen molar-refractivity contribution in [2.75, 3.05) is 0 Å². The van der Waals surface area contributed by atoms with Crippen LogP contribution in [0.25, 0.3) is 12.2 Å². The molecule has 0 aromatic heterocycles. The van der Waals surface area contributed by atoms with Crippen molar-refractivity contribution in [3.63, 3.8) is 0 Å². The lowest BCUT2D eigenvalue weighted by Gasteiger charge is -2.22. The first kappa shape index (κ1) is 37.0. The van der Waals surface area contributed by atoms with E-state index in [-0.39, 0.29) is 22.6 Å². The molecule has 4 rings (SSSR count). The van der Waals surface area contributed by atoms with E-state index in [4.69, 9.17) is 9.47 Å². The largest absolute Gasteiger partial charge is 0.507 e. The van der Waals surface area contributed by atoms with Crippen LogP contribution in [0.1, 0.15) is 95.6 Å². The maximum atomic E-state index is 11.4. The predicted molar refractivity (Wildman–Crippen MR) is 189 cm³/mol. The number of ether oxygens (including phenoxy) is 2. The van der Waals surface area contributed by atoms with Gasteiger partial charge in [0, 0.05) is 11.1 Å². The van der Waals surface area contributed by atoms with Gasteiger partial charge in [0.15, 0.2) is 0 Å². The van der Waals surface area contributed by atoms with E-state index < -0.39 is 22.8 Å². The van der Waals surface area contributed by atoms with E-state index in [1.807, 2.05) is 90.1 Å². The molecule has 252 valence electrons. The molecule has 4 aromatic rings. The summed E-state index contributed by atoms with van der Waals surface area (Å²) in [7, 11) is 0. The Morgan fingerprint density at radius 3 is 1.46 bits per heavy atom. The highest BCUT2D eigenvalue weighted by Crippen LogP contribution is 2.38. The number of phenols is 2. The van der Waals surface area contributed by atoms with Gasteiger partial charge < -0.3 is 29.9 Å². The van der Waals surface area contributed by atoms with Gasteiger partial charge in [-0.15, -0.1) is 0 Å². The minimum atomic E-state index is -1.18. The average Bonchev–Trinajstić information content (AvgIpc) is 3.03. The molecule has 0 spiro atoms. The molecule has 0 atom stereocenters. The molecule has 0 amide bonds. The minimum absolute atomic E-state index is 0.153. The molecule has 8 heteroatoms. The lowest BCUT2D eigenvalue weighted by atomic mass is 9.85. The van der Waals surface area contributed by atoms with Gasteiger partial charge in [-0.25, -0.2) is 9.59 Å². The molecule has 0 unspecified atom stereocenters. The summed E-state index contributed by atoms with van der Waals surface area (Å²) in [5.41, 5.74) is 3.89. The maximum Gasteiger partial charge on any atom is 0.339 e. The molecule has 48 heavy (non-hydrogen) atoms. The number of benzene rings is 4. The summed E-state index contributed by atoms with van der Waals surface area (Å²) in [6.07, 6.45) is 3.52. The van der Waals surface area contributed by atoms with Crippen molar-refractivity contribution < 1.29 is 39.5 Å². The Hall–Kier alpha value is -5.50. The van der Waals surface area contributed by atoms with E-state index in [0.29, 0.717) is 35.8 Å². The highest BCUT2D eigenvalue weighted by atomic mass is 16.5. The number of carboxylic acid groups (broad SMARTS) is 2. The van der Waals surface area contributed by atoms with Crippen molar-refractivity contribution in [3.8, 4) is 23.0 Å². The number of hydrogen-bond acceptors (Lipinski definition) is 6. The lowest BCUT2D eigenvalue weighted by Crippen LogP contribution is -2.14. The average molecular weight is 653 g/mol. The van der Waals surface area contributed by atoms with Gasteiger partial charge >= 0.3 is 11.9 Å². The molecule has 0 heterocycles. The summed E-state index contributed by atoms with van der Waals surface area (Å²) in [6.45, 7) is 19.5. The number of aromatic carboxylic acids is 2. The third-order valence-corrected chi connectivity index (χ3v) is 7.46. The van der Waals surface area contributed by atoms with Gasteiger partial charge in [0.2, 0.25) is 0 Å². The minimum Gasteiger partial charge on any atom is -0.507 e. The highest BCUT2D eigenvalue weighted by Gasteiger charge is 2.25. The van der Waals surface area contributed by atoms with Crippen molar-refractivity contribution in [2.45, 2.75) is 65.6 Å². The van der Waals surface area contributed by atoms with Gasteiger partial charge in [0.25, 0.3) is 0 Å². The van der Waals surface area contributed by atoms with Crippen molar-refractivity contribution in [1.82, 2.24) is 0 Å². The lowest BCUT2D eigenvalue weighted by molar-refractivity contribution is 0.0681. The van der Waals surface area contributed by atoms with Crippen LogP contribution in [-0.2, 0) is 24.0 Å². The molecule has 0 bridgehead atoms. The highest BCUT2D eigenvalue weighted by molar-refractivity contribution is 5.92. The molecule has 4 N–H and O–H groups in total. The molecule has 0 aliphatic carbocycles. The molecule has 0 aliphatic heterocycles. The summed E-state index contributed by atoms with van der Waals surface area (Å²) in [5.74, 6) is -1.95. The van der Waals surface area contributed by atoms with E-state index >= 15 is 0 Å². The van der Waals surface area contributed by atoms with Crippen LogP contribution in [0, 0.1) is 0 Å². The van der Waals surface area contributed by atoms with Gasteiger partial charge in [-0.1, -0.05) is 109 Å². The van der Waals surface area contributed by atoms with Gasteiger partial charge in [-0.05, 0) is 63.4 Å². The first-order valence-electron chi connectivity index (χ1n) is 15.3. The maximum absolute atomic E-state index is 11.4. The Bertz CT molecular complexity index is 1790. The van der Waals surface area contributed by atoms with Gasteiger partial charge in [-0.3, -0.25) is 0 Å². The molecule has 4 aromatic carbocycles. The number of carboxylic acids is 2. The number of hydrogen-bond donors (Lipinski definition) is 4. The third-order valence-electron chi connectivity index (χ3n) is 7.46. The topological polar surface area (TPSA) is 134 Å². The molecule has 0 aliphatic rings. The van der Waals surface area contributed by atoms with Gasteiger partial charge in [-0.2, -0.15) is 0 Å². The Morgan fingerprint density at radius 1 is 0.625 bits per heavy atom. The summed E-state index contributed by atoms with van der Waals surface area (Å²) < 4.78 is 11.5. The second-order valence-electron chi connectivity index (χ2n) is 13.3. The Balaban J connectivity index is 0.000000260. The molecular formula is C40H44O8. The quantitative estimate of drug-likeness (QED) is 0.133. The Morgan fingerprint density at radius 2 is 1.06 bits per heavy atom. The fourth-order valence-corrected chi connectivity index (χ4v) is 4.75.